The van der Waals surface area contributed by atoms with E-state index in [1.807, 2.05) is 26.0 Å². The Balaban J connectivity index is 2.07. The molecule has 0 bridgehead atoms. The van der Waals surface area contributed by atoms with Crippen LogP contribution in [0.4, 0.5) is 11.5 Å². The van der Waals surface area contributed by atoms with E-state index in [9.17, 15) is 0 Å². The van der Waals surface area contributed by atoms with Crippen molar-refractivity contribution < 1.29 is 0 Å². The summed E-state index contributed by atoms with van der Waals surface area (Å²) in [7, 11) is 0. The minimum absolute atomic E-state index is 0.164. The summed E-state index contributed by atoms with van der Waals surface area (Å²) >= 11 is 9.46. The number of nitrogens with one attached hydrogen (secondary N) is 2. The lowest BCUT2D eigenvalue weighted by Crippen LogP contribution is -1.98. The number of nitrogens with zero attached hydrogens (tertiary/aromatic N) is 3. The molecule has 3 aromatic rings. The van der Waals surface area contributed by atoms with E-state index in [-0.39, 0.29) is 5.28 Å². The molecule has 0 aliphatic rings. The van der Waals surface area contributed by atoms with Crippen LogP contribution in [0.25, 0.3) is 11.2 Å². The third kappa shape index (κ3) is 2.36. The van der Waals surface area contributed by atoms with Crippen molar-refractivity contribution in [2.75, 3.05) is 5.32 Å². The van der Waals surface area contributed by atoms with E-state index in [4.69, 9.17) is 11.6 Å². The van der Waals surface area contributed by atoms with Crippen molar-refractivity contribution >= 4 is 50.2 Å². The molecule has 0 saturated carbocycles. The van der Waals surface area contributed by atoms with E-state index < -0.39 is 0 Å². The highest BCUT2D eigenvalue weighted by Gasteiger charge is 2.10. The quantitative estimate of drug-likeness (QED) is 0.681. The number of rotatable bonds is 2. The van der Waals surface area contributed by atoms with E-state index in [0.717, 1.165) is 26.8 Å². The molecule has 0 amide bonds. The Bertz CT molecular complexity index is 776. The molecule has 0 aliphatic carbocycles. The third-order valence-electron chi connectivity index (χ3n) is 2.96. The van der Waals surface area contributed by atoms with Gasteiger partial charge in [-0.05, 0) is 48.7 Å². The first kappa shape index (κ1) is 13.3. The Morgan fingerprint density at radius 1 is 1.20 bits per heavy atom. The zero-order valence-corrected chi connectivity index (χ0v) is 13.2. The molecule has 0 unspecified atom stereocenters. The van der Waals surface area contributed by atoms with Crippen LogP contribution in [0, 0.1) is 13.8 Å². The molecule has 7 heteroatoms. The Kier molecular flexibility index (Phi) is 3.35. The monoisotopic (exact) mass is 351 g/mol. The highest BCUT2D eigenvalue weighted by molar-refractivity contribution is 9.10. The van der Waals surface area contributed by atoms with E-state index in [0.29, 0.717) is 11.5 Å². The predicted octanol–water partition coefficient (Wildman–Crippen LogP) is 4.13. The summed E-state index contributed by atoms with van der Waals surface area (Å²) in [5.74, 6) is 0.610. The highest BCUT2D eigenvalue weighted by atomic mass is 79.9. The van der Waals surface area contributed by atoms with Gasteiger partial charge in [0.1, 0.15) is 5.52 Å². The van der Waals surface area contributed by atoms with Crippen LogP contribution in [0.3, 0.4) is 0 Å². The Morgan fingerprint density at radius 2 is 1.90 bits per heavy atom. The summed E-state index contributed by atoms with van der Waals surface area (Å²) in [5, 5.41) is 3.42. The van der Waals surface area contributed by atoms with E-state index >= 15 is 0 Å². The second kappa shape index (κ2) is 5.03. The first-order valence-corrected chi connectivity index (χ1v) is 7.12. The van der Waals surface area contributed by atoms with Crippen LogP contribution in [0.15, 0.2) is 22.9 Å². The largest absolute Gasteiger partial charge is 0.340 e. The van der Waals surface area contributed by atoms with Crippen molar-refractivity contribution in [3.8, 4) is 0 Å². The van der Waals surface area contributed by atoms with Gasteiger partial charge in [-0.3, -0.25) is 0 Å². The van der Waals surface area contributed by atoms with Gasteiger partial charge in [0.2, 0.25) is 5.28 Å². The molecule has 0 atom stereocenters. The number of fused-ring (bicyclic) bond motifs is 1. The zero-order valence-electron chi connectivity index (χ0n) is 10.8. The van der Waals surface area contributed by atoms with E-state index in [2.05, 4.69) is 41.2 Å². The van der Waals surface area contributed by atoms with Gasteiger partial charge in [0.05, 0.1) is 6.33 Å². The normalized spacial score (nSPS) is 11.0. The second-order valence-corrected chi connectivity index (χ2v) is 5.62. The number of aryl methyl sites for hydroxylation is 2. The molecule has 2 aromatic heterocycles. The molecule has 0 fully saturated rings. The maximum absolute atomic E-state index is 5.91. The fraction of sp³-hybridized carbons (Fsp3) is 0.154. The van der Waals surface area contributed by atoms with E-state index in [1.54, 1.807) is 6.33 Å². The number of imidazole rings is 1. The second-order valence-electron chi connectivity index (χ2n) is 4.49. The molecule has 20 heavy (non-hydrogen) atoms. The van der Waals surface area contributed by atoms with Crippen LogP contribution in [0.1, 0.15) is 11.1 Å². The number of aromatic amines is 1. The van der Waals surface area contributed by atoms with Crippen molar-refractivity contribution in [2.45, 2.75) is 13.8 Å². The molecule has 0 spiro atoms. The lowest BCUT2D eigenvalue weighted by molar-refractivity contribution is 1.19. The van der Waals surface area contributed by atoms with Crippen LogP contribution in [-0.2, 0) is 0 Å². The highest BCUT2D eigenvalue weighted by Crippen LogP contribution is 2.28. The molecule has 2 N–H and O–H groups in total. The van der Waals surface area contributed by atoms with Gasteiger partial charge < -0.3 is 10.3 Å². The first-order valence-electron chi connectivity index (χ1n) is 5.95. The van der Waals surface area contributed by atoms with Gasteiger partial charge in [0.15, 0.2) is 11.5 Å². The molecule has 5 nitrogen and oxygen atoms in total. The van der Waals surface area contributed by atoms with Crippen LogP contribution >= 0.6 is 27.5 Å². The van der Waals surface area contributed by atoms with Crippen molar-refractivity contribution in [3.63, 3.8) is 0 Å². The molecular formula is C13H11BrClN5. The van der Waals surface area contributed by atoms with Crippen molar-refractivity contribution in [1.82, 2.24) is 19.9 Å². The smallest absolute Gasteiger partial charge is 0.226 e. The summed E-state index contributed by atoms with van der Waals surface area (Å²) in [4.78, 5) is 15.4. The predicted molar refractivity (Wildman–Crippen MR) is 83.6 cm³/mol. The molecule has 2 heterocycles. The molecule has 1 aromatic carbocycles. The maximum Gasteiger partial charge on any atom is 0.226 e. The number of aromatic nitrogens is 4. The van der Waals surface area contributed by atoms with Crippen molar-refractivity contribution in [1.29, 1.82) is 0 Å². The third-order valence-corrected chi connectivity index (χ3v) is 4.38. The van der Waals surface area contributed by atoms with Crippen LogP contribution in [-0.4, -0.2) is 19.9 Å². The Morgan fingerprint density at radius 3 is 2.60 bits per heavy atom. The number of anilines is 2. The molecule has 0 saturated heterocycles. The summed E-state index contributed by atoms with van der Waals surface area (Å²) < 4.78 is 1.11. The number of hydrogen-bond donors (Lipinski definition) is 2. The van der Waals surface area contributed by atoms with Gasteiger partial charge in [0, 0.05) is 10.2 Å². The average Bonchev–Trinajstić information content (AvgIpc) is 2.84. The molecule has 102 valence electrons. The maximum atomic E-state index is 5.91. The van der Waals surface area contributed by atoms with Gasteiger partial charge in [-0.1, -0.05) is 15.9 Å². The standard InChI is InChI=1S/C13H11BrClN5/c1-6-3-8(4-7(2)9(6)14)18-12-10-11(17-5-16-10)19-13(15)20-12/h3-5H,1-2H3,(H2,16,17,18,19,20). The van der Waals surface area contributed by atoms with Crippen LogP contribution in [0.2, 0.25) is 5.28 Å². The molecule has 0 aliphatic heterocycles. The fourth-order valence-electron chi connectivity index (χ4n) is 2.05. The van der Waals surface area contributed by atoms with Gasteiger partial charge in [-0.15, -0.1) is 0 Å². The van der Waals surface area contributed by atoms with Crippen molar-refractivity contribution in [2.24, 2.45) is 0 Å². The van der Waals surface area contributed by atoms with Crippen LogP contribution in [0.5, 0.6) is 0 Å². The van der Waals surface area contributed by atoms with Gasteiger partial charge >= 0.3 is 0 Å². The van der Waals surface area contributed by atoms with Crippen molar-refractivity contribution in [3.05, 3.63) is 39.3 Å². The fourth-order valence-corrected chi connectivity index (χ4v) is 2.45. The molecule has 3 rings (SSSR count). The van der Waals surface area contributed by atoms with Crippen LogP contribution < -0.4 is 5.32 Å². The Labute approximate surface area is 128 Å². The Hall–Kier alpha value is -1.66. The summed E-state index contributed by atoms with van der Waals surface area (Å²) in [6.45, 7) is 4.09. The average molecular weight is 353 g/mol. The minimum atomic E-state index is 0.164. The van der Waals surface area contributed by atoms with Gasteiger partial charge in [-0.25, -0.2) is 4.98 Å². The number of halogens is 2. The SMILES string of the molecule is Cc1cc(Nc2nc(Cl)nc3nc[nH]c23)cc(C)c1Br. The first-order chi connectivity index (χ1) is 9.54. The number of hydrogen-bond acceptors (Lipinski definition) is 4. The van der Waals surface area contributed by atoms with Gasteiger partial charge in [0.25, 0.3) is 0 Å². The van der Waals surface area contributed by atoms with E-state index in [1.165, 1.54) is 0 Å². The lowest BCUT2D eigenvalue weighted by Gasteiger charge is -2.10. The topological polar surface area (TPSA) is 66.5 Å². The summed E-state index contributed by atoms with van der Waals surface area (Å²) in [5.41, 5.74) is 4.50. The minimum Gasteiger partial charge on any atom is -0.340 e. The van der Waals surface area contributed by atoms with Gasteiger partial charge in [-0.2, -0.15) is 9.97 Å². The summed E-state index contributed by atoms with van der Waals surface area (Å²) in [6.07, 6.45) is 1.57. The molecular weight excluding hydrogens is 342 g/mol. The number of H-pyrrole nitrogens is 1. The summed E-state index contributed by atoms with van der Waals surface area (Å²) in [6, 6.07) is 4.07. The lowest BCUT2D eigenvalue weighted by atomic mass is 10.1. The molecule has 0 radical (unpaired) electrons. The zero-order chi connectivity index (χ0) is 14.3. The number of benzene rings is 1.